The zero-order valence-electron chi connectivity index (χ0n) is 24.6. The number of hydrogen-bond donors (Lipinski definition) is 1. The van der Waals surface area contributed by atoms with Gasteiger partial charge in [0.05, 0.1) is 22.1 Å². The molecule has 1 N–H and O–H groups in total. The number of aromatic nitrogens is 2. The fourth-order valence-corrected chi connectivity index (χ4v) is 5.82. The Hall–Kier alpha value is -1.68. The average Bonchev–Trinajstić information content (AvgIpc) is 3.18. The van der Waals surface area contributed by atoms with Crippen molar-refractivity contribution >= 4 is 8.53 Å². The number of aromatic amines is 1. The number of rotatable bonds is 15. The molecule has 0 aliphatic carbocycles. The molecule has 0 bridgehead atoms. The van der Waals surface area contributed by atoms with Crippen LogP contribution in [0.2, 0.25) is 0 Å². The molecule has 7 atom stereocenters. The number of aryl methyl sites for hydroxylation is 1. The Morgan fingerprint density at radius 3 is 2.57 bits per heavy atom. The average molecular weight is 548 g/mol. The van der Waals surface area contributed by atoms with Crippen LogP contribution >= 0.6 is 8.53 Å². The molecule has 0 aromatic carbocycles. The van der Waals surface area contributed by atoms with Gasteiger partial charge >= 0.3 is 5.69 Å². The number of hydrogen-bond acceptors (Lipinski definition) is 9. The molecule has 1 aliphatic rings. The van der Waals surface area contributed by atoms with Crippen LogP contribution in [0.1, 0.15) is 49.2 Å². The Bertz CT molecular complexity index is 1040. The van der Waals surface area contributed by atoms with Crippen LogP contribution in [0.5, 0.6) is 0 Å². The molecule has 2 unspecified atom stereocenters. The lowest BCUT2D eigenvalue weighted by atomic mass is 10.1. The van der Waals surface area contributed by atoms with Gasteiger partial charge in [0.2, 0.25) is 6.54 Å². The van der Waals surface area contributed by atoms with Crippen molar-refractivity contribution < 1.29 is 30.7 Å². The Kier molecular flexibility index (Phi) is 11.5. The van der Waals surface area contributed by atoms with Gasteiger partial charge in [-0.25, -0.2) is 16.0 Å². The van der Waals surface area contributed by atoms with Gasteiger partial charge in [-0.1, -0.05) is 0 Å². The minimum Gasteiger partial charge on any atom is -0.382 e. The highest BCUT2D eigenvalue weighted by atomic mass is 31.2. The molecule has 1 fully saturated rings. The standard InChI is InChI=1S/C24H41N4O8P/c1-15(2)28(16(3)4)37(34-11-10-25-7)36-20-19(18(6)32-9)35-23(21(20)33-13-12-31-8)27-14-17(5)22(29)26-24(27)30/h14-16,18-21,23H,10-13H2,1-6,8-9H3,(H,26,29,30)/t18-,19+,20+,21+,23+,37?/m0/s1/i9TD/t9?,18-,19+,20+,21+,23+,37?. The van der Waals surface area contributed by atoms with Gasteiger partial charge in [-0.2, -0.15) is 0 Å². The monoisotopic (exact) mass is 547 g/mol. The third-order valence-corrected chi connectivity index (χ3v) is 7.91. The maximum Gasteiger partial charge on any atom is 0.330 e. The first-order valence-corrected chi connectivity index (χ1v) is 13.3. The molecular formula is C24H41N4O8P. The summed E-state index contributed by atoms with van der Waals surface area (Å²) in [4.78, 5) is 30.6. The fraction of sp³-hybridized carbons (Fsp3) is 0.792. The second kappa shape index (κ2) is 15.0. The molecule has 2 heterocycles. The summed E-state index contributed by atoms with van der Waals surface area (Å²) >= 11 is 0. The molecule has 1 saturated heterocycles. The van der Waals surface area contributed by atoms with E-state index in [1.54, 1.807) is 13.8 Å². The number of H-pyrrole nitrogens is 1. The van der Waals surface area contributed by atoms with Crippen molar-refractivity contribution in [3.63, 3.8) is 0 Å². The lowest BCUT2D eigenvalue weighted by Crippen LogP contribution is -2.44. The molecule has 12 nitrogen and oxygen atoms in total. The van der Waals surface area contributed by atoms with Crippen LogP contribution in [-0.2, 0) is 28.0 Å². The van der Waals surface area contributed by atoms with Crippen molar-refractivity contribution in [2.45, 2.75) is 84.3 Å². The molecule has 1 aliphatic heterocycles. The smallest absolute Gasteiger partial charge is 0.330 e. The van der Waals surface area contributed by atoms with E-state index in [1.165, 1.54) is 17.9 Å². The van der Waals surface area contributed by atoms with Crippen molar-refractivity contribution in [3.05, 3.63) is 44.0 Å². The summed E-state index contributed by atoms with van der Waals surface area (Å²) in [6.07, 6.45) is -3.09. The Labute approximate surface area is 222 Å². The van der Waals surface area contributed by atoms with Crippen LogP contribution in [-0.4, -0.2) is 91.3 Å². The number of methoxy groups -OCH3 is 2. The van der Waals surface area contributed by atoms with Crippen LogP contribution in [0, 0.1) is 13.5 Å². The van der Waals surface area contributed by atoms with Gasteiger partial charge in [-0.15, -0.1) is 0 Å². The quantitative estimate of drug-likeness (QED) is 0.201. The number of ether oxygens (including phenoxy) is 4. The lowest BCUT2D eigenvalue weighted by molar-refractivity contribution is -0.0966. The van der Waals surface area contributed by atoms with Gasteiger partial charge in [0.25, 0.3) is 14.1 Å². The summed E-state index contributed by atoms with van der Waals surface area (Å²) in [6, 6.07) is 0.0509. The zero-order chi connectivity index (χ0) is 29.3. The van der Waals surface area contributed by atoms with Crippen LogP contribution in [0.3, 0.4) is 0 Å². The van der Waals surface area contributed by atoms with E-state index >= 15 is 0 Å². The molecule has 1 aromatic heterocycles. The zero-order valence-corrected chi connectivity index (χ0v) is 23.5. The van der Waals surface area contributed by atoms with Gasteiger partial charge in [0.15, 0.2) is 6.23 Å². The molecule has 13 heteroatoms. The maximum absolute atomic E-state index is 12.9. The highest BCUT2D eigenvalue weighted by Crippen LogP contribution is 2.50. The highest BCUT2D eigenvalue weighted by Gasteiger charge is 2.52. The molecule has 0 saturated carbocycles. The SMILES string of the molecule is [2H]C([3H])O[C@@H](C)[C@H]1O[C@@H](n2cc(C)c(=O)[nH]c2=O)[C@H](OCCOC)[C@@H]1OP(OCC[N+]#[C-])N(C(C)C)C(C)C. The third kappa shape index (κ3) is 8.15. The second-order valence-electron chi connectivity index (χ2n) is 9.23. The summed E-state index contributed by atoms with van der Waals surface area (Å²) < 4.78 is 54.3. The van der Waals surface area contributed by atoms with E-state index in [0.717, 1.165) is 0 Å². The molecule has 0 amide bonds. The third-order valence-electron chi connectivity index (χ3n) is 5.78. The predicted octanol–water partition coefficient (Wildman–Crippen LogP) is 2.48. The predicted molar refractivity (Wildman–Crippen MR) is 139 cm³/mol. The van der Waals surface area contributed by atoms with Gasteiger partial charge in [-0.3, -0.25) is 14.3 Å². The van der Waals surface area contributed by atoms with E-state index in [-0.39, 0.29) is 38.4 Å². The Morgan fingerprint density at radius 2 is 1.97 bits per heavy atom. The second-order valence-corrected chi connectivity index (χ2v) is 10.6. The first-order valence-electron chi connectivity index (χ1n) is 13.4. The van der Waals surface area contributed by atoms with Crippen LogP contribution < -0.4 is 11.2 Å². The number of nitrogens with one attached hydrogen (secondary N) is 1. The van der Waals surface area contributed by atoms with Crippen molar-refractivity contribution in [2.24, 2.45) is 0 Å². The molecule has 0 radical (unpaired) electrons. The van der Waals surface area contributed by atoms with Crippen LogP contribution in [0.15, 0.2) is 15.8 Å². The van der Waals surface area contributed by atoms with Gasteiger partial charge in [0.1, 0.15) is 24.9 Å². The molecular weight excluding hydrogens is 503 g/mol. The Balaban J connectivity index is 2.60. The molecule has 37 heavy (non-hydrogen) atoms. The number of nitrogens with zero attached hydrogens (tertiary/aromatic N) is 3. The van der Waals surface area contributed by atoms with Crippen LogP contribution in [0.4, 0.5) is 0 Å². The molecule has 2 rings (SSSR count). The first kappa shape index (κ1) is 28.3. The van der Waals surface area contributed by atoms with Crippen molar-refractivity contribution in [2.75, 3.05) is 40.5 Å². The molecule has 210 valence electrons. The van der Waals surface area contributed by atoms with Crippen molar-refractivity contribution in [1.82, 2.24) is 14.2 Å². The van der Waals surface area contributed by atoms with Gasteiger partial charge in [-0.05, 0) is 41.5 Å². The summed E-state index contributed by atoms with van der Waals surface area (Å²) in [6.45, 7) is 19.1. The van der Waals surface area contributed by atoms with Gasteiger partial charge in [0, 0.05) is 38.0 Å². The van der Waals surface area contributed by atoms with E-state index in [4.69, 9.17) is 37.3 Å². The molecule has 0 spiro atoms. The van der Waals surface area contributed by atoms with Crippen molar-refractivity contribution in [1.29, 1.82) is 0 Å². The van der Waals surface area contributed by atoms with E-state index in [9.17, 15) is 9.59 Å². The van der Waals surface area contributed by atoms with Crippen molar-refractivity contribution in [3.8, 4) is 0 Å². The normalized spacial score (nSPS) is 25.2. The minimum absolute atomic E-state index is 0.0254. The lowest BCUT2D eigenvalue weighted by Gasteiger charge is -2.38. The maximum atomic E-state index is 12.9. The van der Waals surface area contributed by atoms with E-state index in [2.05, 4.69) is 14.5 Å². The van der Waals surface area contributed by atoms with Crippen LogP contribution in [0.25, 0.3) is 4.85 Å². The molecule has 1 aromatic rings. The highest BCUT2D eigenvalue weighted by molar-refractivity contribution is 7.44. The van der Waals surface area contributed by atoms with E-state index in [1.807, 2.05) is 27.7 Å². The minimum atomic E-state index is -1.75. The summed E-state index contributed by atoms with van der Waals surface area (Å²) in [5.74, 6) is 0. The van der Waals surface area contributed by atoms with Gasteiger partial charge < -0.3 is 32.8 Å². The van der Waals surface area contributed by atoms with E-state index in [0.29, 0.717) is 5.56 Å². The summed E-state index contributed by atoms with van der Waals surface area (Å²) in [5, 5.41) is 0. The fourth-order valence-electron chi connectivity index (χ4n) is 4.08. The largest absolute Gasteiger partial charge is 0.382 e. The Morgan fingerprint density at radius 1 is 1.27 bits per heavy atom. The summed E-state index contributed by atoms with van der Waals surface area (Å²) in [5.41, 5.74) is -0.907. The summed E-state index contributed by atoms with van der Waals surface area (Å²) in [7, 11) is -1.80. The topological polar surface area (TPSA) is 118 Å². The first-order chi connectivity index (χ1) is 18.4. The van der Waals surface area contributed by atoms with E-state index < -0.39 is 57.5 Å².